The average molecular weight is 140 g/mol. The zero-order valence-corrected chi connectivity index (χ0v) is 6.37. The molecule has 10 heavy (non-hydrogen) atoms. The molecule has 56 valence electrons. The van der Waals surface area contributed by atoms with E-state index in [2.05, 4.69) is 6.07 Å². The molecule has 0 N–H and O–H groups in total. The molecule has 3 heteroatoms. The second-order valence-electron chi connectivity index (χ2n) is 2.42. The second kappa shape index (κ2) is 4.95. The van der Waals surface area contributed by atoms with Gasteiger partial charge in [0.05, 0.1) is 18.5 Å². The Bertz CT molecular complexity index is 139. The molecule has 0 amide bonds. The molecule has 0 heterocycles. The van der Waals surface area contributed by atoms with E-state index >= 15 is 0 Å². The number of likely N-dealkylation sites (N-methyl/N-ethyl adjacent to an activating group) is 1. The first-order valence-corrected chi connectivity index (χ1v) is 3.22. The van der Waals surface area contributed by atoms with Crippen molar-refractivity contribution in [1.29, 1.82) is 5.26 Å². The van der Waals surface area contributed by atoms with Gasteiger partial charge in [0, 0.05) is 6.54 Å². The molecule has 0 fully saturated rings. The second-order valence-corrected chi connectivity index (χ2v) is 2.42. The van der Waals surface area contributed by atoms with Gasteiger partial charge in [-0.1, -0.05) is 0 Å². The third kappa shape index (κ3) is 4.04. The van der Waals surface area contributed by atoms with Crippen LogP contribution in [-0.2, 0) is 4.79 Å². The highest BCUT2D eigenvalue weighted by molar-refractivity contribution is 5.51. The standard InChI is InChI=1S/C7H12N2O/c1-7(5-8)6-9(2)3-4-10/h4,7H,3,6H2,1-2H3. The number of hydrogen-bond donors (Lipinski definition) is 0. The molecule has 0 saturated carbocycles. The third-order valence-corrected chi connectivity index (χ3v) is 1.19. The van der Waals surface area contributed by atoms with Crippen molar-refractivity contribution in [3.63, 3.8) is 0 Å². The number of carbonyl (C=O) groups is 1. The van der Waals surface area contributed by atoms with Crippen LogP contribution in [0.4, 0.5) is 0 Å². The highest BCUT2D eigenvalue weighted by Crippen LogP contribution is 1.93. The maximum Gasteiger partial charge on any atom is 0.133 e. The summed E-state index contributed by atoms with van der Waals surface area (Å²) in [4.78, 5) is 11.8. The lowest BCUT2D eigenvalue weighted by Gasteiger charge is -2.13. The Kier molecular flexibility index (Phi) is 4.51. The Balaban J connectivity index is 3.48. The van der Waals surface area contributed by atoms with Crippen molar-refractivity contribution in [2.45, 2.75) is 6.92 Å². The van der Waals surface area contributed by atoms with Crippen LogP contribution in [0.3, 0.4) is 0 Å². The molecule has 0 aromatic heterocycles. The minimum absolute atomic E-state index is 0.00458. The molecule has 0 aliphatic heterocycles. The Hall–Kier alpha value is -0.880. The van der Waals surface area contributed by atoms with Gasteiger partial charge in [0.2, 0.25) is 0 Å². The minimum Gasteiger partial charge on any atom is -0.302 e. The maximum atomic E-state index is 9.96. The van der Waals surface area contributed by atoms with E-state index in [0.717, 1.165) is 6.29 Å². The summed E-state index contributed by atoms with van der Waals surface area (Å²) < 4.78 is 0. The first-order valence-electron chi connectivity index (χ1n) is 3.22. The summed E-state index contributed by atoms with van der Waals surface area (Å²) in [5.41, 5.74) is 0. The van der Waals surface area contributed by atoms with Gasteiger partial charge < -0.3 is 4.79 Å². The van der Waals surface area contributed by atoms with Gasteiger partial charge in [-0.25, -0.2) is 0 Å². The summed E-state index contributed by atoms with van der Waals surface area (Å²) in [5.74, 6) is 0.00458. The van der Waals surface area contributed by atoms with E-state index in [4.69, 9.17) is 5.26 Å². The number of nitriles is 1. The lowest BCUT2D eigenvalue weighted by Crippen LogP contribution is -2.25. The van der Waals surface area contributed by atoms with Crippen molar-refractivity contribution in [3.05, 3.63) is 0 Å². The zero-order chi connectivity index (χ0) is 7.98. The Morgan fingerprint density at radius 1 is 1.80 bits per heavy atom. The lowest BCUT2D eigenvalue weighted by molar-refractivity contribution is -0.108. The van der Waals surface area contributed by atoms with E-state index in [1.54, 1.807) is 0 Å². The van der Waals surface area contributed by atoms with Crippen molar-refractivity contribution in [1.82, 2.24) is 4.90 Å². The first kappa shape index (κ1) is 9.12. The fourth-order valence-corrected chi connectivity index (χ4v) is 0.710. The van der Waals surface area contributed by atoms with Gasteiger partial charge in [0.1, 0.15) is 6.29 Å². The molecular weight excluding hydrogens is 128 g/mol. The lowest BCUT2D eigenvalue weighted by atomic mass is 10.2. The van der Waals surface area contributed by atoms with E-state index in [9.17, 15) is 4.79 Å². The molecule has 1 unspecified atom stereocenters. The SMILES string of the molecule is CC(C#N)CN(C)CC=O. The van der Waals surface area contributed by atoms with Crippen LogP contribution < -0.4 is 0 Å². The van der Waals surface area contributed by atoms with Crippen LogP contribution in [-0.4, -0.2) is 31.3 Å². The number of nitrogens with zero attached hydrogens (tertiary/aromatic N) is 2. The predicted octanol–water partition coefficient (Wildman–Crippen LogP) is 0.277. The van der Waals surface area contributed by atoms with Gasteiger partial charge in [-0.05, 0) is 14.0 Å². The zero-order valence-electron chi connectivity index (χ0n) is 6.37. The first-order chi connectivity index (χ1) is 4.70. The van der Waals surface area contributed by atoms with Crippen LogP contribution in [0.15, 0.2) is 0 Å². The van der Waals surface area contributed by atoms with Crippen molar-refractivity contribution in [3.8, 4) is 6.07 Å². The van der Waals surface area contributed by atoms with Crippen LogP contribution in [0.1, 0.15) is 6.92 Å². The maximum absolute atomic E-state index is 9.96. The summed E-state index contributed by atoms with van der Waals surface area (Å²) in [6.07, 6.45) is 0.837. The smallest absolute Gasteiger partial charge is 0.133 e. The van der Waals surface area contributed by atoms with Crippen LogP contribution in [0.2, 0.25) is 0 Å². The van der Waals surface area contributed by atoms with Crippen molar-refractivity contribution in [2.75, 3.05) is 20.1 Å². The van der Waals surface area contributed by atoms with E-state index in [0.29, 0.717) is 13.1 Å². The number of rotatable bonds is 4. The Morgan fingerprint density at radius 2 is 2.40 bits per heavy atom. The van der Waals surface area contributed by atoms with E-state index in [1.165, 1.54) is 0 Å². The molecule has 0 radical (unpaired) electrons. The highest BCUT2D eigenvalue weighted by atomic mass is 16.1. The van der Waals surface area contributed by atoms with Crippen LogP contribution in [0.5, 0.6) is 0 Å². The summed E-state index contributed by atoms with van der Waals surface area (Å²) in [5, 5.41) is 8.39. The quantitative estimate of drug-likeness (QED) is 0.527. The molecular formula is C7H12N2O. The predicted molar refractivity (Wildman–Crippen MR) is 38.3 cm³/mol. The fourth-order valence-electron chi connectivity index (χ4n) is 0.710. The van der Waals surface area contributed by atoms with Crippen LogP contribution in [0.25, 0.3) is 0 Å². The van der Waals surface area contributed by atoms with Gasteiger partial charge in [-0.2, -0.15) is 5.26 Å². The molecule has 0 bridgehead atoms. The molecule has 0 spiro atoms. The number of hydrogen-bond acceptors (Lipinski definition) is 3. The summed E-state index contributed by atoms with van der Waals surface area (Å²) >= 11 is 0. The number of aldehydes is 1. The van der Waals surface area contributed by atoms with Crippen LogP contribution in [0, 0.1) is 17.2 Å². The Morgan fingerprint density at radius 3 is 2.80 bits per heavy atom. The molecule has 0 saturated heterocycles. The molecule has 0 aromatic carbocycles. The molecule has 3 nitrogen and oxygen atoms in total. The van der Waals surface area contributed by atoms with Gasteiger partial charge in [-0.3, -0.25) is 4.90 Å². The molecule has 0 aliphatic rings. The van der Waals surface area contributed by atoms with Crippen molar-refractivity contribution < 1.29 is 4.79 Å². The summed E-state index contributed by atoms with van der Waals surface area (Å²) in [6, 6.07) is 2.10. The Labute approximate surface area is 61.2 Å². The van der Waals surface area contributed by atoms with Crippen molar-refractivity contribution >= 4 is 6.29 Å². The van der Waals surface area contributed by atoms with E-state index in [1.807, 2.05) is 18.9 Å². The monoisotopic (exact) mass is 140 g/mol. The van der Waals surface area contributed by atoms with Crippen LogP contribution >= 0.6 is 0 Å². The molecule has 1 atom stereocenters. The fraction of sp³-hybridized carbons (Fsp3) is 0.714. The third-order valence-electron chi connectivity index (χ3n) is 1.19. The summed E-state index contributed by atoms with van der Waals surface area (Å²) in [7, 11) is 1.82. The highest BCUT2D eigenvalue weighted by Gasteiger charge is 2.02. The van der Waals surface area contributed by atoms with E-state index < -0.39 is 0 Å². The minimum atomic E-state index is 0.00458. The van der Waals surface area contributed by atoms with Gasteiger partial charge in [-0.15, -0.1) is 0 Å². The van der Waals surface area contributed by atoms with Gasteiger partial charge in [0.25, 0.3) is 0 Å². The largest absolute Gasteiger partial charge is 0.302 e. The molecule has 0 aliphatic carbocycles. The van der Waals surface area contributed by atoms with Gasteiger partial charge in [0.15, 0.2) is 0 Å². The molecule has 0 rings (SSSR count). The topological polar surface area (TPSA) is 44.1 Å². The number of carbonyl (C=O) groups excluding carboxylic acids is 1. The average Bonchev–Trinajstić information content (AvgIpc) is 1.88. The van der Waals surface area contributed by atoms with E-state index in [-0.39, 0.29) is 5.92 Å². The van der Waals surface area contributed by atoms with Crippen molar-refractivity contribution in [2.24, 2.45) is 5.92 Å². The molecule has 0 aromatic rings. The summed E-state index contributed by atoms with van der Waals surface area (Å²) in [6.45, 7) is 2.91. The van der Waals surface area contributed by atoms with Gasteiger partial charge >= 0.3 is 0 Å². The normalized spacial score (nSPS) is 12.6.